The number of rotatable bonds is 24. The first-order valence-corrected chi connectivity index (χ1v) is 21.9. The highest BCUT2D eigenvalue weighted by atomic mass is 32.2. The standard InChI is InChI=1S/C41H65NO8S.C2H6/c1-29(43)33-14-15-34-32-12-13-36-39(37(46)18-21-41(36,3)35(32)17-20-40(33,34)2)51-28-19-31(45)10-6-8-23-49-25-27-50-26-24-48-22-7-5-9-30(44)11-16-38(47)42-4;1-2/h32-35H,5-28H2,1-4H3,(H,42,47);1-2H3. The average molecular weight is 762 g/mol. The van der Waals surface area contributed by atoms with Crippen molar-refractivity contribution in [3.63, 3.8) is 0 Å². The lowest BCUT2D eigenvalue weighted by Crippen LogP contribution is -2.51. The van der Waals surface area contributed by atoms with Crippen LogP contribution in [0.15, 0.2) is 10.5 Å². The van der Waals surface area contributed by atoms with Crippen molar-refractivity contribution in [2.45, 2.75) is 144 Å². The summed E-state index contributed by atoms with van der Waals surface area (Å²) in [5.74, 6) is 3.68. The Morgan fingerprint density at radius 1 is 0.717 bits per heavy atom. The summed E-state index contributed by atoms with van der Waals surface area (Å²) in [6.07, 6.45) is 13.5. The van der Waals surface area contributed by atoms with E-state index in [1.54, 1.807) is 25.7 Å². The first kappa shape index (κ1) is 45.5. The molecule has 1 amide bonds. The van der Waals surface area contributed by atoms with Crippen molar-refractivity contribution in [2.24, 2.45) is 34.5 Å². The molecule has 0 heterocycles. The molecule has 4 aliphatic carbocycles. The SMILES string of the molecule is CC.CNC(=O)CCC(=O)CCCCOCCOCCOCCCCC(=O)CCSC1=C2CCC3C(CCC4(C)C(C(C)=O)CCC34)C2(C)CCC1=O. The number of hydrogen-bond acceptors (Lipinski definition) is 9. The predicted octanol–water partition coefficient (Wildman–Crippen LogP) is 8.26. The molecule has 9 nitrogen and oxygen atoms in total. The molecule has 302 valence electrons. The quantitative estimate of drug-likeness (QED) is 0.0969. The summed E-state index contributed by atoms with van der Waals surface area (Å²) in [6, 6.07) is 0. The second kappa shape index (κ2) is 23.2. The summed E-state index contributed by atoms with van der Waals surface area (Å²) in [4.78, 5) is 62.3. The van der Waals surface area contributed by atoms with Crippen LogP contribution in [-0.4, -0.2) is 81.5 Å². The van der Waals surface area contributed by atoms with Crippen molar-refractivity contribution in [1.29, 1.82) is 0 Å². The molecule has 53 heavy (non-hydrogen) atoms. The van der Waals surface area contributed by atoms with Crippen LogP contribution in [0.2, 0.25) is 0 Å². The normalized spacial score (nSPS) is 27.6. The molecule has 3 saturated carbocycles. The zero-order valence-corrected chi connectivity index (χ0v) is 34.8. The number of allylic oxidation sites excluding steroid dienone is 1. The molecule has 0 aliphatic heterocycles. The number of amides is 1. The van der Waals surface area contributed by atoms with Gasteiger partial charge in [-0.15, -0.1) is 11.8 Å². The second-order valence-electron chi connectivity index (χ2n) is 15.9. The number of ether oxygens (including phenoxy) is 3. The maximum absolute atomic E-state index is 13.2. The fraction of sp³-hybridized carbons (Fsp3) is 0.837. The van der Waals surface area contributed by atoms with Gasteiger partial charge in [0.15, 0.2) is 5.78 Å². The maximum atomic E-state index is 13.2. The number of hydrogen-bond donors (Lipinski definition) is 1. The minimum atomic E-state index is -0.105. The van der Waals surface area contributed by atoms with Crippen LogP contribution in [0.1, 0.15) is 144 Å². The van der Waals surface area contributed by atoms with Gasteiger partial charge in [0, 0.05) is 70.5 Å². The summed E-state index contributed by atoms with van der Waals surface area (Å²) in [6.45, 7) is 13.8. The van der Waals surface area contributed by atoms with Crippen LogP contribution in [0.4, 0.5) is 0 Å². The van der Waals surface area contributed by atoms with Gasteiger partial charge in [0.2, 0.25) is 5.91 Å². The molecular formula is C43H71NO8S. The van der Waals surface area contributed by atoms with Gasteiger partial charge < -0.3 is 19.5 Å². The van der Waals surface area contributed by atoms with Gasteiger partial charge in [0.05, 0.1) is 31.3 Å². The molecular weight excluding hydrogens is 691 g/mol. The predicted molar refractivity (Wildman–Crippen MR) is 212 cm³/mol. The second-order valence-corrected chi connectivity index (χ2v) is 17.1. The Morgan fingerprint density at radius 3 is 1.92 bits per heavy atom. The summed E-state index contributed by atoms with van der Waals surface area (Å²) in [5.41, 5.74) is 1.60. The summed E-state index contributed by atoms with van der Waals surface area (Å²) in [7, 11) is 1.57. The van der Waals surface area contributed by atoms with Gasteiger partial charge in [-0.2, -0.15) is 0 Å². The number of carbonyl (C=O) groups is 5. The summed E-state index contributed by atoms with van der Waals surface area (Å²) >= 11 is 1.64. The van der Waals surface area contributed by atoms with Crippen LogP contribution >= 0.6 is 11.8 Å². The van der Waals surface area contributed by atoms with Crippen LogP contribution in [0.25, 0.3) is 0 Å². The van der Waals surface area contributed by atoms with Crippen molar-refractivity contribution in [3.8, 4) is 0 Å². The lowest BCUT2D eigenvalue weighted by molar-refractivity contribution is -0.128. The molecule has 0 aromatic heterocycles. The van der Waals surface area contributed by atoms with E-state index in [4.69, 9.17) is 14.2 Å². The third-order valence-corrected chi connectivity index (χ3v) is 14.0. The Morgan fingerprint density at radius 2 is 1.32 bits per heavy atom. The van der Waals surface area contributed by atoms with Gasteiger partial charge in [0.25, 0.3) is 0 Å². The minimum Gasteiger partial charge on any atom is -0.379 e. The maximum Gasteiger partial charge on any atom is 0.220 e. The monoisotopic (exact) mass is 761 g/mol. The van der Waals surface area contributed by atoms with E-state index >= 15 is 0 Å². The average Bonchev–Trinajstić information content (AvgIpc) is 3.51. The fourth-order valence-corrected chi connectivity index (χ4v) is 11.3. The van der Waals surface area contributed by atoms with Gasteiger partial charge >= 0.3 is 0 Å². The largest absolute Gasteiger partial charge is 0.379 e. The van der Waals surface area contributed by atoms with E-state index in [-0.39, 0.29) is 46.4 Å². The van der Waals surface area contributed by atoms with Crippen molar-refractivity contribution in [3.05, 3.63) is 10.5 Å². The highest BCUT2D eigenvalue weighted by Gasteiger charge is 2.60. The Labute approximate surface area is 324 Å². The number of nitrogens with one attached hydrogen (secondary N) is 1. The van der Waals surface area contributed by atoms with Crippen LogP contribution in [0.3, 0.4) is 0 Å². The van der Waals surface area contributed by atoms with E-state index in [9.17, 15) is 24.0 Å². The lowest BCUT2D eigenvalue weighted by atomic mass is 9.46. The third kappa shape index (κ3) is 12.8. The molecule has 0 saturated heterocycles. The van der Waals surface area contributed by atoms with Gasteiger partial charge in [-0.3, -0.25) is 24.0 Å². The molecule has 0 spiro atoms. The minimum absolute atomic E-state index is 0.0678. The molecule has 6 unspecified atom stereocenters. The van der Waals surface area contributed by atoms with E-state index in [0.717, 1.165) is 69.1 Å². The number of fused-ring (bicyclic) bond motifs is 5. The van der Waals surface area contributed by atoms with Gasteiger partial charge in [0.1, 0.15) is 17.3 Å². The van der Waals surface area contributed by atoms with Gasteiger partial charge in [-0.05, 0) is 112 Å². The smallest absolute Gasteiger partial charge is 0.220 e. The topological polar surface area (TPSA) is 125 Å². The Balaban J connectivity index is 0.00000372. The lowest BCUT2D eigenvalue weighted by Gasteiger charge is -2.58. The zero-order chi connectivity index (χ0) is 38.9. The number of unbranched alkanes of at least 4 members (excludes halogenated alkanes) is 2. The Bertz CT molecular complexity index is 1250. The van der Waals surface area contributed by atoms with Crippen LogP contribution in [0, 0.1) is 34.5 Å². The van der Waals surface area contributed by atoms with Gasteiger partial charge in [-0.25, -0.2) is 0 Å². The molecule has 0 radical (unpaired) electrons. The summed E-state index contributed by atoms with van der Waals surface area (Å²) < 4.78 is 16.8. The highest BCUT2D eigenvalue weighted by Crippen LogP contribution is 2.67. The molecule has 4 aliphatic rings. The molecule has 10 heteroatoms. The molecule has 0 bridgehead atoms. The number of Topliss-reactive ketones (excluding diaryl/α,β-unsaturated/α-hetero) is 4. The number of ketones is 4. The Hall–Kier alpha value is -1.88. The van der Waals surface area contributed by atoms with E-state index in [1.807, 2.05) is 13.8 Å². The van der Waals surface area contributed by atoms with Crippen molar-refractivity contribution in [1.82, 2.24) is 5.32 Å². The third-order valence-electron chi connectivity index (χ3n) is 12.8. The van der Waals surface area contributed by atoms with Crippen molar-refractivity contribution in [2.75, 3.05) is 52.4 Å². The van der Waals surface area contributed by atoms with Crippen LogP contribution in [-0.2, 0) is 38.2 Å². The van der Waals surface area contributed by atoms with Crippen LogP contribution < -0.4 is 5.32 Å². The molecule has 0 aromatic carbocycles. The summed E-state index contributed by atoms with van der Waals surface area (Å²) in [5, 5.41) is 2.52. The fourth-order valence-electron chi connectivity index (χ4n) is 9.99. The first-order valence-electron chi connectivity index (χ1n) is 20.9. The first-order chi connectivity index (χ1) is 25.5. The molecule has 1 N–H and O–H groups in total. The molecule has 3 fully saturated rings. The van der Waals surface area contributed by atoms with E-state index in [2.05, 4.69) is 19.2 Å². The Kier molecular flexibility index (Phi) is 20.0. The van der Waals surface area contributed by atoms with Crippen LogP contribution in [0.5, 0.6) is 0 Å². The van der Waals surface area contributed by atoms with Crippen molar-refractivity contribution < 1.29 is 38.2 Å². The van der Waals surface area contributed by atoms with Gasteiger partial charge in [-0.1, -0.05) is 27.7 Å². The molecule has 6 atom stereocenters. The van der Waals surface area contributed by atoms with E-state index < -0.39 is 0 Å². The zero-order valence-electron chi connectivity index (χ0n) is 34.0. The number of thioether (sulfide) groups is 1. The number of carbonyl (C=O) groups excluding carboxylic acids is 5. The molecule has 0 aromatic rings. The highest BCUT2D eigenvalue weighted by molar-refractivity contribution is 8.04. The molecule has 4 rings (SSSR count). The van der Waals surface area contributed by atoms with E-state index in [0.29, 0.717) is 101 Å². The van der Waals surface area contributed by atoms with E-state index in [1.165, 1.54) is 12.0 Å². The van der Waals surface area contributed by atoms with Crippen molar-refractivity contribution >= 4 is 40.8 Å².